The first kappa shape index (κ1) is 11.6. The Morgan fingerprint density at radius 1 is 0.850 bits per heavy atom. The fourth-order valence-corrected chi connectivity index (χ4v) is 3.77. The van der Waals surface area contributed by atoms with Crippen molar-refractivity contribution in [3.8, 4) is 11.1 Å². The Labute approximate surface area is 121 Å². The van der Waals surface area contributed by atoms with Crippen LogP contribution in [0.25, 0.3) is 31.4 Å². The molecule has 1 nitrogen and oxygen atoms in total. The fraction of sp³-hybridized carbons (Fsp3) is 0.0556. The van der Waals surface area contributed by atoms with E-state index in [0.717, 1.165) is 4.83 Å². The summed E-state index contributed by atoms with van der Waals surface area (Å²) in [5, 5.41) is 2.55. The van der Waals surface area contributed by atoms with E-state index in [9.17, 15) is 0 Å². The summed E-state index contributed by atoms with van der Waals surface area (Å²) in [6.07, 6.45) is 1.86. The lowest BCUT2D eigenvalue weighted by atomic mass is 10.0. The molecule has 0 saturated carbocycles. The average Bonchev–Trinajstić information content (AvgIpc) is 2.87. The summed E-state index contributed by atoms with van der Waals surface area (Å²) in [6, 6.07) is 19.4. The summed E-state index contributed by atoms with van der Waals surface area (Å²) in [7, 11) is 0. The summed E-state index contributed by atoms with van der Waals surface area (Å²) in [4.78, 5) is 5.60. The second kappa shape index (κ2) is 4.43. The maximum Gasteiger partial charge on any atom is 0.124 e. The molecule has 0 saturated heterocycles. The van der Waals surface area contributed by atoms with E-state index in [2.05, 4.69) is 60.4 Å². The lowest BCUT2D eigenvalue weighted by Gasteiger charge is -2.04. The van der Waals surface area contributed by atoms with Gasteiger partial charge in [0.2, 0.25) is 0 Å². The zero-order chi connectivity index (χ0) is 13.5. The van der Waals surface area contributed by atoms with E-state index in [0.29, 0.717) is 0 Å². The number of benzene rings is 2. The highest BCUT2D eigenvalue weighted by Gasteiger charge is 2.10. The molecule has 96 valence electrons. The molecule has 0 spiro atoms. The molecule has 2 heterocycles. The fourth-order valence-electron chi connectivity index (χ4n) is 2.59. The first-order valence-corrected chi connectivity index (χ1v) is 7.48. The first-order valence-electron chi connectivity index (χ1n) is 6.66. The van der Waals surface area contributed by atoms with Crippen LogP contribution in [0.2, 0.25) is 0 Å². The maximum atomic E-state index is 4.49. The molecule has 0 N–H and O–H groups in total. The second-order valence-corrected chi connectivity index (χ2v) is 6.01. The Morgan fingerprint density at radius 2 is 1.65 bits per heavy atom. The molecule has 0 atom stereocenters. The van der Waals surface area contributed by atoms with Crippen molar-refractivity contribution in [3.05, 3.63) is 66.4 Å². The van der Waals surface area contributed by atoms with E-state index in [-0.39, 0.29) is 0 Å². The molecule has 0 amide bonds. The van der Waals surface area contributed by atoms with Crippen LogP contribution in [0.5, 0.6) is 0 Å². The lowest BCUT2D eigenvalue weighted by molar-refractivity contribution is 1.45. The van der Waals surface area contributed by atoms with E-state index < -0.39 is 0 Å². The minimum absolute atomic E-state index is 1.11. The molecule has 20 heavy (non-hydrogen) atoms. The van der Waals surface area contributed by atoms with Gasteiger partial charge in [-0.1, -0.05) is 48.0 Å². The van der Waals surface area contributed by atoms with E-state index in [1.165, 1.54) is 32.2 Å². The van der Waals surface area contributed by atoms with Gasteiger partial charge < -0.3 is 0 Å². The zero-order valence-corrected chi connectivity index (χ0v) is 11.9. The van der Waals surface area contributed by atoms with Gasteiger partial charge in [0, 0.05) is 21.7 Å². The number of nitrogens with zero attached hydrogens (tertiary/aromatic N) is 1. The monoisotopic (exact) mass is 275 g/mol. The Hall–Kier alpha value is -2.19. The van der Waals surface area contributed by atoms with E-state index >= 15 is 0 Å². The molecular formula is C18H13NS. The number of pyridine rings is 1. The zero-order valence-electron chi connectivity index (χ0n) is 11.1. The normalized spacial score (nSPS) is 11.2. The average molecular weight is 275 g/mol. The highest BCUT2D eigenvalue weighted by molar-refractivity contribution is 7.26. The van der Waals surface area contributed by atoms with Crippen molar-refractivity contribution in [2.75, 3.05) is 0 Å². The topological polar surface area (TPSA) is 12.9 Å². The SMILES string of the molecule is Cc1ccc(-c2cccc3c2sc2ncccc23)cc1. The molecular weight excluding hydrogens is 262 g/mol. The molecule has 0 fully saturated rings. The molecule has 0 radical (unpaired) electrons. The molecule has 4 aromatic rings. The van der Waals surface area contributed by atoms with Crippen LogP contribution < -0.4 is 0 Å². The van der Waals surface area contributed by atoms with Gasteiger partial charge in [-0.25, -0.2) is 4.98 Å². The highest BCUT2D eigenvalue weighted by atomic mass is 32.1. The number of fused-ring (bicyclic) bond motifs is 3. The lowest BCUT2D eigenvalue weighted by Crippen LogP contribution is -1.78. The predicted molar refractivity (Wildman–Crippen MR) is 87.3 cm³/mol. The van der Waals surface area contributed by atoms with Crippen molar-refractivity contribution >= 4 is 31.6 Å². The third-order valence-corrected chi connectivity index (χ3v) is 4.80. The number of thiophene rings is 1. The summed E-state index contributed by atoms with van der Waals surface area (Å²) >= 11 is 1.78. The van der Waals surface area contributed by atoms with Crippen molar-refractivity contribution in [1.29, 1.82) is 0 Å². The Kier molecular flexibility index (Phi) is 2.57. The van der Waals surface area contributed by atoms with Crippen LogP contribution in [0.3, 0.4) is 0 Å². The molecule has 0 aliphatic carbocycles. The summed E-state index contributed by atoms with van der Waals surface area (Å²) in [6.45, 7) is 2.12. The standard InChI is InChI=1S/C18H13NS/c1-12-7-9-13(10-8-12)14-4-2-5-15-16-6-3-11-19-18(16)20-17(14)15/h2-11H,1H3. The molecule has 2 aromatic heterocycles. The number of rotatable bonds is 1. The van der Waals surface area contributed by atoms with Crippen molar-refractivity contribution in [2.45, 2.75) is 6.92 Å². The molecule has 2 aromatic carbocycles. The van der Waals surface area contributed by atoms with Gasteiger partial charge in [-0.05, 0) is 30.2 Å². The van der Waals surface area contributed by atoms with Gasteiger partial charge in [0.25, 0.3) is 0 Å². The minimum Gasteiger partial charge on any atom is -0.245 e. The second-order valence-electron chi connectivity index (χ2n) is 5.01. The maximum absolute atomic E-state index is 4.49. The molecule has 0 aliphatic heterocycles. The van der Waals surface area contributed by atoms with Gasteiger partial charge in [0.05, 0.1) is 0 Å². The molecule has 0 unspecified atom stereocenters. The third-order valence-electron chi connectivity index (χ3n) is 3.64. The van der Waals surface area contributed by atoms with Crippen LogP contribution in [-0.2, 0) is 0 Å². The first-order chi connectivity index (χ1) is 9.83. The third kappa shape index (κ3) is 1.73. The molecule has 0 bridgehead atoms. The van der Waals surface area contributed by atoms with E-state index in [1.54, 1.807) is 11.3 Å². The quantitative estimate of drug-likeness (QED) is 0.451. The van der Waals surface area contributed by atoms with Crippen LogP contribution in [0, 0.1) is 6.92 Å². The van der Waals surface area contributed by atoms with Crippen LogP contribution in [0.4, 0.5) is 0 Å². The molecule has 4 rings (SSSR count). The Bertz CT molecular complexity index is 904. The van der Waals surface area contributed by atoms with Crippen LogP contribution >= 0.6 is 11.3 Å². The summed E-state index contributed by atoms with van der Waals surface area (Å²) in [5.74, 6) is 0. The predicted octanol–water partition coefficient (Wildman–Crippen LogP) is 5.42. The Morgan fingerprint density at radius 3 is 2.50 bits per heavy atom. The van der Waals surface area contributed by atoms with Crippen molar-refractivity contribution in [1.82, 2.24) is 4.98 Å². The van der Waals surface area contributed by atoms with Crippen molar-refractivity contribution < 1.29 is 0 Å². The highest BCUT2D eigenvalue weighted by Crippen LogP contribution is 2.38. The van der Waals surface area contributed by atoms with Gasteiger partial charge in [0.15, 0.2) is 0 Å². The summed E-state index contributed by atoms with van der Waals surface area (Å²) in [5.41, 5.74) is 3.86. The number of hydrogen-bond acceptors (Lipinski definition) is 2. The van der Waals surface area contributed by atoms with Gasteiger partial charge in [-0.2, -0.15) is 0 Å². The van der Waals surface area contributed by atoms with Gasteiger partial charge in [0.1, 0.15) is 4.83 Å². The smallest absolute Gasteiger partial charge is 0.124 e. The Balaban J connectivity index is 2.07. The van der Waals surface area contributed by atoms with Crippen LogP contribution in [-0.4, -0.2) is 4.98 Å². The van der Waals surface area contributed by atoms with Crippen LogP contribution in [0.1, 0.15) is 5.56 Å². The number of aromatic nitrogens is 1. The van der Waals surface area contributed by atoms with Gasteiger partial charge >= 0.3 is 0 Å². The minimum atomic E-state index is 1.11. The van der Waals surface area contributed by atoms with Gasteiger partial charge in [-0.3, -0.25) is 0 Å². The van der Waals surface area contributed by atoms with E-state index in [1.807, 2.05) is 12.3 Å². The number of hydrogen-bond donors (Lipinski definition) is 0. The number of aryl methyl sites for hydroxylation is 1. The largest absolute Gasteiger partial charge is 0.245 e. The summed E-state index contributed by atoms with van der Waals surface area (Å²) < 4.78 is 1.32. The van der Waals surface area contributed by atoms with Crippen molar-refractivity contribution in [3.63, 3.8) is 0 Å². The van der Waals surface area contributed by atoms with Crippen molar-refractivity contribution in [2.24, 2.45) is 0 Å². The molecule has 2 heteroatoms. The van der Waals surface area contributed by atoms with Gasteiger partial charge in [-0.15, -0.1) is 11.3 Å². The van der Waals surface area contributed by atoms with E-state index in [4.69, 9.17) is 0 Å². The molecule has 0 aliphatic rings. The van der Waals surface area contributed by atoms with Crippen LogP contribution in [0.15, 0.2) is 60.8 Å².